The molecule has 1 rings (SSSR count). The van der Waals surface area contributed by atoms with E-state index in [1.165, 1.54) is 7.11 Å². The number of hydrogen-bond acceptors (Lipinski definition) is 5. The van der Waals surface area contributed by atoms with E-state index in [1.807, 2.05) is 0 Å². The van der Waals surface area contributed by atoms with Crippen LogP contribution in [0.5, 0.6) is 5.75 Å². The summed E-state index contributed by atoms with van der Waals surface area (Å²) in [6.07, 6.45) is 0. The van der Waals surface area contributed by atoms with Gasteiger partial charge in [0.05, 0.1) is 7.11 Å². The van der Waals surface area contributed by atoms with Crippen LogP contribution < -0.4 is 10.5 Å². The molecule has 0 aliphatic rings. The third-order valence-electron chi connectivity index (χ3n) is 1.19. The van der Waals surface area contributed by atoms with E-state index in [1.54, 1.807) is 13.8 Å². The number of nitrogens with zero attached hydrogens (tertiary/aromatic N) is 1. The highest BCUT2D eigenvalue weighted by molar-refractivity contribution is 5.27. The normalized spacial score (nSPS) is 10.1. The molecule has 11 heavy (non-hydrogen) atoms. The summed E-state index contributed by atoms with van der Waals surface area (Å²) >= 11 is 0. The van der Waals surface area contributed by atoms with Crippen molar-refractivity contribution in [1.82, 2.24) is 10.8 Å². The van der Waals surface area contributed by atoms with Crippen LogP contribution in [0.2, 0.25) is 0 Å². The lowest BCUT2D eigenvalue weighted by Gasteiger charge is -2.01. The van der Waals surface area contributed by atoms with Crippen molar-refractivity contribution in [2.45, 2.75) is 13.8 Å². The van der Waals surface area contributed by atoms with Gasteiger partial charge in [0.15, 0.2) is 5.76 Å². The van der Waals surface area contributed by atoms with Crippen molar-refractivity contribution < 1.29 is 14.2 Å². The second-order valence-corrected chi connectivity index (χ2v) is 2.04. The van der Waals surface area contributed by atoms with Gasteiger partial charge in [0.1, 0.15) is 5.69 Å². The molecule has 1 aromatic heterocycles. The van der Waals surface area contributed by atoms with E-state index in [2.05, 4.69) is 15.6 Å². The first-order valence-corrected chi connectivity index (χ1v) is 3.13. The molecule has 0 amide bonds. The van der Waals surface area contributed by atoms with E-state index in [0.29, 0.717) is 17.2 Å². The molecule has 0 unspecified atom stereocenters. The van der Waals surface area contributed by atoms with Crippen LogP contribution in [0, 0.1) is 13.8 Å². The minimum absolute atomic E-state index is 0.562. The van der Waals surface area contributed by atoms with Crippen molar-refractivity contribution in [2.75, 3.05) is 7.11 Å². The Kier molecular flexibility index (Phi) is 2.45. The van der Waals surface area contributed by atoms with Crippen molar-refractivity contribution in [2.24, 2.45) is 0 Å². The Morgan fingerprint density at radius 2 is 2.18 bits per heavy atom. The molecule has 0 atom stereocenters. The van der Waals surface area contributed by atoms with Gasteiger partial charge in [0, 0.05) is 6.92 Å². The summed E-state index contributed by atoms with van der Waals surface area (Å²) in [4.78, 5) is 9.41. The van der Waals surface area contributed by atoms with Gasteiger partial charge in [0.25, 0.3) is 0 Å². The first-order chi connectivity index (χ1) is 5.25. The van der Waals surface area contributed by atoms with E-state index in [-0.39, 0.29) is 0 Å². The third kappa shape index (κ3) is 1.69. The Hall–Kier alpha value is -1.07. The Morgan fingerprint density at radius 1 is 1.45 bits per heavy atom. The monoisotopic (exact) mass is 158 g/mol. The predicted octanol–water partition coefficient (Wildman–Crippen LogP) is 0.736. The largest absolute Gasteiger partial charge is 0.378 e. The van der Waals surface area contributed by atoms with Crippen molar-refractivity contribution in [1.29, 1.82) is 0 Å². The number of aromatic nitrogens is 1. The summed E-state index contributed by atoms with van der Waals surface area (Å²) in [5.41, 5.74) is 2.92. The van der Waals surface area contributed by atoms with Gasteiger partial charge in [-0.3, -0.25) is 4.84 Å². The second-order valence-electron chi connectivity index (χ2n) is 2.04. The molecule has 1 heterocycles. The van der Waals surface area contributed by atoms with Crippen molar-refractivity contribution >= 4 is 0 Å². The number of aryl methyl sites for hydroxylation is 2. The lowest BCUT2D eigenvalue weighted by Crippen LogP contribution is -2.16. The molecule has 0 aromatic carbocycles. The lowest BCUT2D eigenvalue weighted by molar-refractivity contribution is -0.0807. The van der Waals surface area contributed by atoms with Crippen LogP contribution in [0.25, 0.3) is 0 Å². The lowest BCUT2D eigenvalue weighted by atomic mass is 10.4. The standard InChI is InChI=1S/C6H10N2O3/c1-4-6(11-8-9-3)5(2)10-7-4/h8H,1-3H3. The highest BCUT2D eigenvalue weighted by Gasteiger charge is 2.09. The van der Waals surface area contributed by atoms with Gasteiger partial charge >= 0.3 is 0 Å². The Morgan fingerprint density at radius 3 is 2.64 bits per heavy atom. The maximum Gasteiger partial charge on any atom is 0.215 e. The van der Waals surface area contributed by atoms with Crippen LogP contribution in [-0.4, -0.2) is 12.3 Å². The van der Waals surface area contributed by atoms with Crippen molar-refractivity contribution in [3.05, 3.63) is 11.5 Å². The fourth-order valence-corrected chi connectivity index (χ4v) is 0.704. The van der Waals surface area contributed by atoms with Gasteiger partial charge < -0.3 is 9.36 Å². The molecular weight excluding hydrogens is 148 g/mol. The van der Waals surface area contributed by atoms with E-state index in [9.17, 15) is 0 Å². The molecule has 0 spiro atoms. The fourth-order valence-electron chi connectivity index (χ4n) is 0.704. The topological polar surface area (TPSA) is 56.5 Å². The van der Waals surface area contributed by atoms with Crippen LogP contribution >= 0.6 is 0 Å². The zero-order valence-corrected chi connectivity index (χ0v) is 6.67. The summed E-state index contributed by atoms with van der Waals surface area (Å²) in [6.45, 7) is 3.54. The van der Waals surface area contributed by atoms with Crippen LogP contribution in [0.1, 0.15) is 11.5 Å². The smallest absolute Gasteiger partial charge is 0.215 e. The number of rotatable bonds is 3. The third-order valence-corrected chi connectivity index (χ3v) is 1.19. The molecule has 62 valence electrons. The molecule has 0 bridgehead atoms. The minimum atomic E-state index is 0.562. The van der Waals surface area contributed by atoms with Gasteiger partial charge in [-0.1, -0.05) is 5.16 Å². The Labute approximate surface area is 64.2 Å². The highest BCUT2D eigenvalue weighted by atomic mass is 16.9. The average Bonchev–Trinajstić information content (AvgIpc) is 2.29. The van der Waals surface area contributed by atoms with E-state index < -0.39 is 0 Å². The molecule has 0 radical (unpaired) electrons. The maximum absolute atomic E-state index is 4.93. The highest BCUT2D eigenvalue weighted by Crippen LogP contribution is 2.20. The molecule has 5 heteroatoms. The van der Waals surface area contributed by atoms with Crippen LogP contribution in [0.3, 0.4) is 0 Å². The van der Waals surface area contributed by atoms with Gasteiger partial charge in [-0.25, -0.2) is 0 Å². The fraction of sp³-hybridized carbons (Fsp3) is 0.500. The first-order valence-electron chi connectivity index (χ1n) is 3.13. The Balaban J connectivity index is 2.67. The molecular formula is C6H10N2O3. The zero-order chi connectivity index (χ0) is 8.27. The van der Waals surface area contributed by atoms with E-state index in [4.69, 9.17) is 9.36 Å². The summed E-state index contributed by atoms with van der Waals surface area (Å²) in [6, 6.07) is 0. The number of hydrogen-bond donors (Lipinski definition) is 1. The van der Waals surface area contributed by atoms with Crippen LogP contribution in [0.4, 0.5) is 0 Å². The molecule has 0 saturated carbocycles. The molecule has 0 saturated heterocycles. The summed E-state index contributed by atoms with van der Waals surface area (Å²) in [5.74, 6) is 1.18. The summed E-state index contributed by atoms with van der Waals surface area (Å²) in [5, 5.41) is 3.67. The molecule has 0 aliphatic heterocycles. The summed E-state index contributed by atoms with van der Waals surface area (Å²) < 4.78 is 4.82. The molecule has 0 fully saturated rings. The van der Waals surface area contributed by atoms with Gasteiger partial charge in [-0.05, 0) is 12.6 Å². The van der Waals surface area contributed by atoms with Gasteiger partial charge in [-0.15, -0.1) is 0 Å². The number of nitrogens with one attached hydrogen (secondary N) is 1. The quantitative estimate of drug-likeness (QED) is 0.657. The zero-order valence-electron chi connectivity index (χ0n) is 6.67. The molecule has 5 nitrogen and oxygen atoms in total. The van der Waals surface area contributed by atoms with Crippen molar-refractivity contribution in [3.8, 4) is 5.75 Å². The van der Waals surface area contributed by atoms with Crippen LogP contribution in [0.15, 0.2) is 4.52 Å². The van der Waals surface area contributed by atoms with Gasteiger partial charge in [0.2, 0.25) is 5.75 Å². The maximum atomic E-state index is 4.93. The van der Waals surface area contributed by atoms with E-state index in [0.717, 1.165) is 0 Å². The summed E-state index contributed by atoms with van der Waals surface area (Å²) in [7, 11) is 1.46. The SMILES string of the molecule is CONOc1c(C)noc1C. The van der Waals surface area contributed by atoms with Gasteiger partial charge in [-0.2, -0.15) is 0 Å². The molecule has 1 aromatic rings. The van der Waals surface area contributed by atoms with E-state index >= 15 is 0 Å². The average molecular weight is 158 g/mol. The van der Waals surface area contributed by atoms with Crippen molar-refractivity contribution in [3.63, 3.8) is 0 Å². The Bertz CT molecular complexity index is 214. The minimum Gasteiger partial charge on any atom is -0.378 e. The molecule has 0 aliphatic carbocycles. The predicted molar refractivity (Wildman–Crippen MR) is 36.7 cm³/mol. The second kappa shape index (κ2) is 3.36. The van der Waals surface area contributed by atoms with Crippen LogP contribution in [-0.2, 0) is 4.84 Å². The molecule has 1 N–H and O–H groups in total. The first kappa shape index (κ1) is 8.03.